The Morgan fingerprint density at radius 2 is 2.11 bits per heavy atom. The molecule has 0 bridgehead atoms. The number of Topliss-reactive ketones (excluding diaryl/α,β-unsaturated/α-hetero) is 1. The van der Waals surface area contributed by atoms with Gasteiger partial charge >= 0.3 is 0 Å². The highest BCUT2D eigenvalue weighted by molar-refractivity contribution is 6.53. The molecule has 0 aromatic heterocycles. The van der Waals surface area contributed by atoms with Crippen LogP contribution < -0.4 is 10.2 Å². The first kappa shape index (κ1) is 12.2. The first-order chi connectivity index (χ1) is 9.06. The second-order valence-electron chi connectivity index (χ2n) is 4.72. The number of amides is 2. The summed E-state index contributed by atoms with van der Waals surface area (Å²) < 4.78 is 0. The van der Waals surface area contributed by atoms with E-state index in [4.69, 9.17) is 11.6 Å². The molecule has 1 aliphatic carbocycles. The molecule has 0 spiro atoms. The number of ketones is 1. The normalized spacial score (nSPS) is 17.6. The summed E-state index contributed by atoms with van der Waals surface area (Å²) in [7, 11) is 0. The van der Waals surface area contributed by atoms with Gasteiger partial charge in [-0.25, -0.2) is 0 Å². The van der Waals surface area contributed by atoms with Crippen molar-refractivity contribution in [2.24, 2.45) is 0 Å². The molecule has 6 heteroatoms. The van der Waals surface area contributed by atoms with Crippen LogP contribution in [0.15, 0.2) is 18.2 Å². The van der Waals surface area contributed by atoms with Crippen LogP contribution >= 0.6 is 11.6 Å². The maximum absolute atomic E-state index is 11.9. The third kappa shape index (κ3) is 2.21. The second kappa shape index (κ2) is 4.35. The van der Waals surface area contributed by atoms with Crippen LogP contribution in [-0.4, -0.2) is 30.2 Å². The van der Waals surface area contributed by atoms with Gasteiger partial charge in [0.1, 0.15) is 6.54 Å². The molecule has 2 aliphatic rings. The zero-order chi connectivity index (χ0) is 13.6. The van der Waals surface area contributed by atoms with Crippen LogP contribution in [0.3, 0.4) is 0 Å². The average molecular weight is 279 g/mol. The Morgan fingerprint density at radius 1 is 1.37 bits per heavy atom. The maximum Gasteiger partial charge on any atom is 0.299 e. The van der Waals surface area contributed by atoms with E-state index in [1.54, 1.807) is 6.07 Å². The van der Waals surface area contributed by atoms with Gasteiger partial charge in [-0.1, -0.05) is 11.6 Å². The van der Waals surface area contributed by atoms with Crippen LogP contribution in [0.5, 0.6) is 0 Å². The van der Waals surface area contributed by atoms with Crippen LogP contribution in [-0.2, 0) is 9.59 Å². The molecule has 0 atom stereocenters. The Kier molecular flexibility index (Phi) is 2.78. The van der Waals surface area contributed by atoms with Crippen molar-refractivity contribution in [1.29, 1.82) is 0 Å². The minimum atomic E-state index is -0.678. The summed E-state index contributed by atoms with van der Waals surface area (Å²) in [4.78, 5) is 36.6. The van der Waals surface area contributed by atoms with E-state index in [0.29, 0.717) is 16.3 Å². The van der Waals surface area contributed by atoms with Gasteiger partial charge < -0.3 is 5.32 Å². The second-order valence-corrected chi connectivity index (χ2v) is 5.16. The first-order valence-corrected chi connectivity index (χ1v) is 6.39. The van der Waals surface area contributed by atoms with Crippen LogP contribution in [0, 0.1) is 0 Å². The van der Waals surface area contributed by atoms with Gasteiger partial charge in [0.05, 0.1) is 11.3 Å². The van der Waals surface area contributed by atoms with Crippen LogP contribution in [0.4, 0.5) is 5.69 Å². The number of nitrogens with zero attached hydrogens (tertiary/aromatic N) is 1. The molecule has 0 unspecified atom stereocenters. The highest BCUT2D eigenvalue weighted by Crippen LogP contribution is 2.31. The molecule has 19 heavy (non-hydrogen) atoms. The fourth-order valence-electron chi connectivity index (χ4n) is 2.07. The topological polar surface area (TPSA) is 66.5 Å². The molecule has 1 aliphatic heterocycles. The van der Waals surface area contributed by atoms with Gasteiger partial charge in [0.25, 0.3) is 11.7 Å². The summed E-state index contributed by atoms with van der Waals surface area (Å²) in [5.41, 5.74) is 0.710. The molecular weight excluding hydrogens is 268 g/mol. The lowest BCUT2D eigenvalue weighted by molar-refractivity contribution is -0.122. The zero-order valence-corrected chi connectivity index (χ0v) is 10.7. The lowest BCUT2D eigenvalue weighted by Gasteiger charge is -2.16. The van der Waals surface area contributed by atoms with E-state index < -0.39 is 11.7 Å². The molecule has 0 saturated heterocycles. The van der Waals surface area contributed by atoms with Crippen molar-refractivity contribution in [3.05, 3.63) is 28.8 Å². The minimum absolute atomic E-state index is 0.144. The molecule has 1 fully saturated rings. The summed E-state index contributed by atoms with van der Waals surface area (Å²) in [6.45, 7) is -0.144. The number of anilines is 1. The molecule has 1 heterocycles. The smallest absolute Gasteiger partial charge is 0.299 e. The molecule has 0 radical (unpaired) electrons. The summed E-state index contributed by atoms with van der Waals surface area (Å²) >= 11 is 5.87. The first-order valence-electron chi connectivity index (χ1n) is 6.01. The Hall–Kier alpha value is -1.88. The predicted octanol–water partition coefficient (Wildman–Crippen LogP) is 1.15. The maximum atomic E-state index is 11.9. The summed E-state index contributed by atoms with van der Waals surface area (Å²) in [5, 5.41) is 3.21. The SMILES string of the molecule is O=C(CN1C(=O)C(=O)c2ccc(Cl)cc21)NC1CC1. The molecule has 1 aromatic rings. The predicted molar refractivity (Wildman–Crippen MR) is 69.3 cm³/mol. The molecule has 3 rings (SSSR count). The lowest BCUT2D eigenvalue weighted by atomic mass is 10.1. The van der Waals surface area contributed by atoms with E-state index >= 15 is 0 Å². The van der Waals surface area contributed by atoms with Crippen LogP contribution in [0.1, 0.15) is 23.2 Å². The van der Waals surface area contributed by atoms with E-state index in [-0.39, 0.29) is 18.5 Å². The highest BCUT2D eigenvalue weighted by atomic mass is 35.5. The number of fused-ring (bicyclic) bond motifs is 1. The summed E-state index contributed by atoms with van der Waals surface area (Å²) in [6, 6.07) is 4.82. The van der Waals surface area contributed by atoms with Gasteiger partial charge in [0.15, 0.2) is 0 Å². The molecule has 2 amide bonds. The molecular formula is C13H11ClN2O3. The van der Waals surface area contributed by atoms with E-state index in [1.165, 1.54) is 17.0 Å². The Morgan fingerprint density at radius 3 is 2.79 bits per heavy atom. The minimum Gasteiger partial charge on any atom is -0.352 e. The van der Waals surface area contributed by atoms with Gasteiger partial charge in [0, 0.05) is 11.1 Å². The molecule has 5 nitrogen and oxygen atoms in total. The van der Waals surface area contributed by atoms with Gasteiger partial charge in [-0.3, -0.25) is 19.3 Å². The van der Waals surface area contributed by atoms with Crippen molar-refractivity contribution in [2.45, 2.75) is 18.9 Å². The van der Waals surface area contributed by atoms with Crippen molar-refractivity contribution in [3.63, 3.8) is 0 Å². The van der Waals surface area contributed by atoms with Crippen molar-refractivity contribution >= 4 is 34.9 Å². The quantitative estimate of drug-likeness (QED) is 0.844. The number of benzene rings is 1. The monoisotopic (exact) mass is 278 g/mol. The van der Waals surface area contributed by atoms with Crippen molar-refractivity contribution in [1.82, 2.24) is 5.32 Å². The lowest BCUT2D eigenvalue weighted by Crippen LogP contribution is -2.40. The fraction of sp³-hybridized carbons (Fsp3) is 0.308. The van der Waals surface area contributed by atoms with Gasteiger partial charge in [-0.15, -0.1) is 0 Å². The summed E-state index contributed by atoms with van der Waals surface area (Å²) in [6.07, 6.45) is 1.95. The molecule has 1 saturated carbocycles. The Labute approximate surface area is 114 Å². The van der Waals surface area contributed by atoms with Crippen LogP contribution in [0.2, 0.25) is 5.02 Å². The highest BCUT2D eigenvalue weighted by Gasteiger charge is 2.37. The van der Waals surface area contributed by atoms with Crippen molar-refractivity contribution in [2.75, 3.05) is 11.4 Å². The number of rotatable bonds is 3. The molecule has 1 N–H and O–H groups in total. The third-order valence-electron chi connectivity index (χ3n) is 3.18. The van der Waals surface area contributed by atoms with Gasteiger partial charge in [-0.05, 0) is 31.0 Å². The Balaban J connectivity index is 1.85. The van der Waals surface area contributed by atoms with Crippen molar-refractivity contribution in [3.8, 4) is 0 Å². The summed E-state index contributed by atoms with van der Waals surface area (Å²) in [5.74, 6) is -1.52. The van der Waals surface area contributed by atoms with E-state index in [0.717, 1.165) is 12.8 Å². The van der Waals surface area contributed by atoms with Gasteiger partial charge in [-0.2, -0.15) is 0 Å². The molecule has 1 aromatic carbocycles. The van der Waals surface area contributed by atoms with E-state index in [1.807, 2.05) is 0 Å². The number of hydrogen-bond acceptors (Lipinski definition) is 3. The number of halogens is 1. The number of hydrogen-bond donors (Lipinski definition) is 1. The van der Waals surface area contributed by atoms with E-state index in [9.17, 15) is 14.4 Å². The van der Waals surface area contributed by atoms with Crippen LogP contribution in [0.25, 0.3) is 0 Å². The standard InChI is InChI=1S/C13H11ClN2O3/c14-7-1-4-9-10(5-7)16(13(19)12(9)18)6-11(17)15-8-2-3-8/h1,4-5,8H,2-3,6H2,(H,15,17). The zero-order valence-electron chi connectivity index (χ0n) is 9.98. The third-order valence-corrected chi connectivity index (χ3v) is 3.41. The van der Waals surface area contributed by atoms with Crippen molar-refractivity contribution < 1.29 is 14.4 Å². The Bertz CT molecular complexity index is 596. The van der Waals surface area contributed by atoms with E-state index in [2.05, 4.69) is 5.32 Å². The average Bonchev–Trinajstić information content (AvgIpc) is 3.14. The van der Waals surface area contributed by atoms with Gasteiger partial charge in [0.2, 0.25) is 5.91 Å². The number of nitrogens with one attached hydrogen (secondary N) is 1. The number of carbonyl (C=O) groups excluding carboxylic acids is 3. The number of carbonyl (C=O) groups is 3. The molecule has 98 valence electrons. The largest absolute Gasteiger partial charge is 0.352 e. The fourth-order valence-corrected chi connectivity index (χ4v) is 2.24.